The Kier molecular flexibility index (Phi) is 3.96. The minimum atomic E-state index is 0. The summed E-state index contributed by atoms with van der Waals surface area (Å²) in [6.45, 7) is 0. The summed E-state index contributed by atoms with van der Waals surface area (Å²) in [6, 6.07) is 23.8. The molecule has 0 aliphatic carbocycles. The Hall–Kier alpha value is -3.09. The summed E-state index contributed by atoms with van der Waals surface area (Å²) in [5, 5.41) is 10.5. The molecule has 0 fully saturated rings. The topological polar surface area (TPSA) is 58.5 Å². The summed E-state index contributed by atoms with van der Waals surface area (Å²) < 4.78 is 11.0. The van der Waals surface area contributed by atoms with Crippen LogP contribution in [-0.2, 0) is 20.1 Å². The van der Waals surface area contributed by atoms with Crippen molar-refractivity contribution in [3.8, 4) is 0 Å². The summed E-state index contributed by atoms with van der Waals surface area (Å²) in [7, 11) is 1.97. The number of aromatic nitrogens is 2. The van der Waals surface area contributed by atoms with E-state index in [-0.39, 0.29) is 20.1 Å². The van der Waals surface area contributed by atoms with Gasteiger partial charge >= 0.3 is 7.55 Å². The van der Waals surface area contributed by atoms with Crippen molar-refractivity contribution < 1.29 is 29.2 Å². The van der Waals surface area contributed by atoms with Crippen LogP contribution < -0.4 is 9.62 Å². The fourth-order valence-electron chi connectivity index (χ4n) is 3.54. The average Bonchev–Trinajstić information content (AvgIpc) is 3.42. The third-order valence-electron chi connectivity index (χ3n) is 4.80. The van der Waals surface area contributed by atoms with E-state index in [9.17, 15) is 0 Å². The molecular weight excluding hydrogens is 531 g/mol. The Morgan fingerprint density at radius 2 is 1.04 bits per heavy atom. The average molecular weight is 543 g/mol. The van der Waals surface area contributed by atoms with Gasteiger partial charge in [-0.3, -0.25) is 0 Å². The second-order valence-corrected chi connectivity index (χ2v) is 6.35. The molecule has 0 saturated carbocycles. The van der Waals surface area contributed by atoms with Gasteiger partial charge in [0, 0.05) is 20.1 Å². The molecule has 2 radical (unpaired) electrons. The fourth-order valence-corrected chi connectivity index (χ4v) is 3.54. The first-order valence-corrected chi connectivity index (χ1v) is 8.61. The normalized spacial score (nSPS) is 12.9. The van der Waals surface area contributed by atoms with Crippen molar-refractivity contribution in [1.29, 1.82) is 0 Å². The quantitative estimate of drug-likeness (QED) is 0.299. The van der Waals surface area contributed by atoms with E-state index in [4.69, 9.17) is 9.05 Å². The molecule has 5 aromatic rings. The van der Waals surface area contributed by atoms with Crippen LogP contribution in [0.3, 0.4) is 0 Å². The zero-order valence-corrected chi connectivity index (χ0v) is 16.8. The Labute approximate surface area is 174 Å². The molecule has 1 aliphatic heterocycles. The minimum Gasteiger partial charge on any atom is -0.354 e. The van der Waals surface area contributed by atoms with E-state index in [2.05, 4.69) is 22.4 Å². The van der Waals surface area contributed by atoms with Gasteiger partial charge in [0.15, 0.2) is 22.8 Å². The molecule has 3 aromatic carbocycles. The van der Waals surface area contributed by atoms with Crippen LogP contribution in [0.1, 0.15) is 0 Å². The second-order valence-electron chi connectivity index (χ2n) is 6.35. The van der Waals surface area contributed by atoms with Gasteiger partial charge < -0.3 is 18.7 Å². The Bertz CT molecular complexity index is 1200. The molecule has 1 aliphatic rings. The minimum absolute atomic E-state index is 0. The van der Waals surface area contributed by atoms with Gasteiger partial charge in [-0.05, 0) is 36.4 Å². The summed E-state index contributed by atoms with van der Waals surface area (Å²) in [6.07, 6.45) is 0. The number of hydrogen-bond acceptors (Lipinski definition) is 6. The maximum absolute atomic E-state index is 5.51. The van der Waals surface area contributed by atoms with Crippen LogP contribution in [0.15, 0.2) is 81.8 Å². The number of benzene rings is 3. The van der Waals surface area contributed by atoms with E-state index >= 15 is 0 Å². The van der Waals surface area contributed by atoms with E-state index in [0.717, 1.165) is 44.9 Å². The molecule has 0 amide bonds. The maximum atomic E-state index is 5.51. The number of anilines is 4. The van der Waals surface area contributed by atoms with Crippen LogP contribution in [0.2, 0.25) is 0 Å². The number of rotatable bonds is 2. The molecule has 0 N–H and O–H groups in total. The van der Waals surface area contributed by atoms with Gasteiger partial charge in [-0.2, -0.15) is 0 Å². The van der Waals surface area contributed by atoms with Crippen LogP contribution in [-0.4, -0.2) is 17.9 Å². The zero-order valence-electron chi connectivity index (χ0n) is 14.4. The predicted molar refractivity (Wildman–Crippen MR) is 104 cm³/mol. The number of hydrogen-bond donors (Lipinski definition) is 0. The summed E-state index contributed by atoms with van der Waals surface area (Å²) in [5.74, 6) is 1.49. The molecule has 0 spiro atoms. The molecule has 8 heteroatoms. The van der Waals surface area contributed by atoms with Crippen LogP contribution >= 0.6 is 0 Å². The molecule has 28 heavy (non-hydrogen) atoms. The Balaban J connectivity index is 0.00000171. The molecule has 0 saturated heterocycles. The number of nitrogens with zero attached hydrogens (tertiary/aromatic N) is 4. The SMILES string of the molecule is [B]1N(c2noc3ccccc23)c2ccccc2N1c1noc2ccccc12.[Ir]. The van der Waals surface area contributed by atoms with Gasteiger partial charge in [-0.1, -0.05) is 46.7 Å². The predicted octanol–water partition coefficient (Wildman–Crippen LogP) is 4.79. The van der Waals surface area contributed by atoms with E-state index in [1.54, 1.807) is 0 Å². The summed E-state index contributed by atoms with van der Waals surface area (Å²) in [4.78, 5) is 4.04. The van der Waals surface area contributed by atoms with Gasteiger partial charge in [-0.15, -0.1) is 0 Å². The van der Waals surface area contributed by atoms with Crippen LogP contribution in [0.5, 0.6) is 0 Å². The molecule has 3 heterocycles. The standard InChI is InChI=1S/C20H12BN4O2.Ir/c1-5-11-17-13(7-1)19(22-26-17)24-15-9-3-4-10-16(15)25(21-24)20-14-8-2-6-12-18(14)27-23-20;/h1-12H;. The van der Waals surface area contributed by atoms with Crippen LogP contribution in [0.25, 0.3) is 21.9 Å². The first-order valence-electron chi connectivity index (χ1n) is 8.61. The van der Waals surface area contributed by atoms with Crippen LogP contribution in [0, 0.1) is 0 Å². The molecule has 0 atom stereocenters. The Morgan fingerprint density at radius 3 is 1.54 bits per heavy atom. The van der Waals surface area contributed by atoms with Crippen molar-refractivity contribution in [1.82, 2.24) is 10.3 Å². The first kappa shape index (κ1) is 17.0. The number of fused-ring (bicyclic) bond motifs is 3. The third kappa shape index (κ3) is 2.39. The monoisotopic (exact) mass is 544 g/mol. The van der Waals surface area contributed by atoms with E-state index in [1.165, 1.54) is 0 Å². The number of para-hydroxylation sites is 4. The largest absolute Gasteiger partial charge is 0.404 e. The van der Waals surface area contributed by atoms with Gasteiger partial charge in [0.05, 0.1) is 22.1 Å². The van der Waals surface area contributed by atoms with Crippen molar-refractivity contribution in [3.05, 3.63) is 72.8 Å². The molecule has 6 nitrogen and oxygen atoms in total. The van der Waals surface area contributed by atoms with Crippen molar-refractivity contribution in [2.24, 2.45) is 0 Å². The molecular formula is C20H12BIrN4O2. The van der Waals surface area contributed by atoms with E-state index < -0.39 is 0 Å². The van der Waals surface area contributed by atoms with Crippen molar-refractivity contribution in [2.45, 2.75) is 0 Å². The molecule has 0 bridgehead atoms. The van der Waals surface area contributed by atoms with Gasteiger partial charge in [0.1, 0.15) is 0 Å². The molecule has 136 valence electrons. The molecule has 0 unspecified atom stereocenters. The molecule has 2 aromatic heterocycles. The van der Waals surface area contributed by atoms with Crippen molar-refractivity contribution in [2.75, 3.05) is 9.62 Å². The smallest absolute Gasteiger partial charge is 0.354 e. The second kappa shape index (κ2) is 6.51. The van der Waals surface area contributed by atoms with E-state index in [1.807, 2.05) is 77.8 Å². The fraction of sp³-hybridized carbons (Fsp3) is 0. The van der Waals surface area contributed by atoms with Crippen molar-refractivity contribution in [3.63, 3.8) is 0 Å². The third-order valence-corrected chi connectivity index (χ3v) is 4.80. The molecule has 6 rings (SSSR count). The zero-order chi connectivity index (χ0) is 17.8. The summed E-state index contributed by atoms with van der Waals surface area (Å²) >= 11 is 0. The summed E-state index contributed by atoms with van der Waals surface area (Å²) in [5.41, 5.74) is 3.51. The maximum Gasteiger partial charge on any atom is 0.404 e. The van der Waals surface area contributed by atoms with Gasteiger partial charge in [-0.25, -0.2) is 0 Å². The van der Waals surface area contributed by atoms with Crippen molar-refractivity contribution >= 4 is 52.5 Å². The first-order chi connectivity index (χ1) is 13.4. The van der Waals surface area contributed by atoms with Gasteiger partial charge in [0.25, 0.3) is 0 Å². The van der Waals surface area contributed by atoms with E-state index in [0.29, 0.717) is 0 Å². The Morgan fingerprint density at radius 1 is 0.607 bits per heavy atom. The van der Waals surface area contributed by atoms with Crippen LogP contribution in [0.4, 0.5) is 23.0 Å². The van der Waals surface area contributed by atoms with Gasteiger partial charge in [0.2, 0.25) is 0 Å².